The summed E-state index contributed by atoms with van der Waals surface area (Å²) in [6.07, 6.45) is 1.10. The van der Waals surface area contributed by atoms with Crippen LogP contribution in [0.3, 0.4) is 0 Å². The van der Waals surface area contributed by atoms with Gasteiger partial charge < -0.3 is 24.9 Å². The number of hydrogen-bond acceptors (Lipinski definition) is 4. The van der Waals surface area contributed by atoms with E-state index in [0.717, 1.165) is 16.5 Å². The smallest absolute Gasteiger partial charge is 0.408 e. The number of carboxylic acid groups (broad SMARTS) is 1. The van der Waals surface area contributed by atoms with Crippen LogP contribution in [0, 0.1) is 0 Å². The minimum atomic E-state index is -1.13. The van der Waals surface area contributed by atoms with Crippen LogP contribution < -0.4 is 10.1 Å². The van der Waals surface area contributed by atoms with Crippen LogP contribution in [-0.4, -0.2) is 40.9 Å². The number of carboxylic acids is 1. The first-order valence-corrected chi connectivity index (χ1v) is 7.56. The predicted octanol–water partition coefficient (Wildman–Crippen LogP) is 2.70. The topological polar surface area (TPSA) is 101 Å². The lowest BCUT2D eigenvalue weighted by atomic mass is 10.0. The SMILES string of the molecule is COc1ccc2[nH]cc(C[C@H](NC(=O)OC(C)(C)C)C(=O)O)c2c1. The molecular weight excluding hydrogens is 312 g/mol. The van der Waals surface area contributed by atoms with Crippen LogP contribution >= 0.6 is 0 Å². The maximum atomic E-state index is 11.8. The summed E-state index contributed by atoms with van der Waals surface area (Å²) in [5, 5.41) is 12.6. The molecule has 0 fully saturated rings. The summed E-state index contributed by atoms with van der Waals surface area (Å²) in [5.41, 5.74) is 0.945. The zero-order valence-electron chi connectivity index (χ0n) is 14.2. The number of carbonyl (C=O) groups is 2. The summed E-state index contributed by atoms with van der Waals surface area (Å²) in [5.74, 6) is -0.451. The van der Waals surface area contributed by atoms with Gasteiger partial charge in [0, 0.05) is 23.5 Å². The Balaban J connectivity index is 2.19. The molecule has 3 N–H and O–H groups in total. The molecule has 0 radical (unpaired) electrons. The van der Waals surface area contributed by atoms with Gasteiger partial charge in [-0.05, 0) is 44.5 Å². The molecule has 0 spiro atoms. The summed E-state index contributed by atoms with van der Waals surface area (Å²) in [7, 11) is 1.57. The number of benzene rings is 1. The molecular formula is C17H22N2O5. The van der Waals surface area contributed by atoms with Crippen molar-refractivity contribution in [2.24, 2.45) is 0 Å². The van der Waals surface area contributed by atoms with Gasteiger partial charge in [0.2, 0.25) is 0 Å². The summed E-state index contributed by atoms with van der Waals surface area (Å²) in [6.45, 7) is 5.15. The van der Waals surface area contributed by atoms with Gasteiger partial charge in [-0.3, -0.25) is 0 Å². The number of methoxy groups -OCH3 is 1. The highest BCUT2D eigenvalue weighted by molar-refractivity contribution is 5.86. The van der Waals surface area contributed by atoms with E-state index in [2.05, 4.69) is 10.3 Å². The number of nitrogens with one attached hydrogen (secondary N) is 2. The largest absolute Gasteiger partial charge is 0.497 e. The van der Waals surface area contributed by atoms with Gasteiger partial charge in [-0.15, -0.1) is 0 Å². The number of hydrogen-bond donors (Lipinski definition) is 3. The lowest BCUT2D eigenvalue weighted by molar-refractivity contribution is -0.139. The van der Waals surface area contributed by atoms with E-state index in [4.69, 9.17) is 9.47 Å². The van der Waals surface area contributed by atoms with Crippen LogP contribution in [0.25, 0.3) is 10.9 Å². The minimum Gasteiger partial charge on any atom is -0.497 e. The highest BCUT2D eigenvalue weighted by atomic mass is 16.6. The number of fused-ring (bicyclic) bond motifs is 1. The Kier molecular flexibility index (Phi) is 5.02. The van der Waals surface area contributed by atoms with Crippen LogP contribution in [0.4, 0.5) is 4.79 Å². The molecule has 1 aromatic carbocycles. The van der Waals surface area contributed by atoms with E-state index in [1.54, 1.807) is 34.1 Å². The molecule has 0 aliphatic heterocycles. The van der Waals surface area contributed by atoms with Crippen molar-refractivity contribution in [1.29, 1.82) is 0 Å². The number of carbonyl (C=O) groups excluding carboxylic acids is 1. The Hall–Kier alpha value is -2.70. The van der Waals surface area contributed by atoms with Crippen molar-refractivity contribution in [3.8, 4) is 5.75 Å². The van der Waals surface area contributed by atoms with E-state index in [9.17, 15) is 14.7 Å². The fourth-order valence-electron chi connectivity index (χ4n) is 2.32. The molecule has 0 saturated heterocycles. The summed E-state index contributed by atoms with van der Waals surface area (Å²) < 4.78 is 10.3. The first-order valence-electron chi connectivity index (χ1n) is 7.56. The first-order chi connectivity index (χ1) is 11.2. The number of aliphatic carboxylic acids is 1. The number of H-pyrrole nitrogens is 1. The van der Waals surface area contributed by atoms with Gasteiger partial charge in [-0.2, -0.15) is 0 Å². The molecule has 7 heteroatoms. The van der Waals surface area contributed by atoms with Gasteiger partial charge in [0.25, 0.3) is 0 Å². The number of rotatable bonds is 5. The Bertz CT molecular complexity index is 745. The molecule has 0 saturated carbocycles. The Morgan fingerprint density at radius 3 is 2.62 bits per heavy atom. The van der Waals surface area contributed by atoms with E-state index in [1.165, 1.54) is 0 Å². The molecule has 2 aromatic rings. The van der Waals surface area contributed by atoms with Crippen molar-refractivity contribution in [3.63, 3.8) is 0 Å². The van der Waals surface area contributed by atoms with E-state index >= 15 is 0 Å². The molecule has 0 unspecified atom stereocenters. The van der Waals surface area contributed by atoms with Crippen molar-refractivity contribution in [3.05, 3.63) is 30.0 Å². The molecule has 130 valence electrons. The number of aromatic amines is 1. The summed E-state index contributed by atoms with van der Waals surface area (Å²) in [4.78, 5) is 26.4. The maximum absolute atomic E-state index is 11.8. The fourth-order valence-corrected chi connectivity index (χ4v) is 2.32. The third kappa shape index (κ3) is 4.41. The molecule has 1 atom stereocenters. The van der Waals surface area contributed by atoms with Crippen molar-refractivity contribution in [1.82, 2.24) is 10.3 Å². The lowest BCUT2D eigenvalue weighted by Gasteiger charge is -2.22. The zero-order valence-corrected chi connectivity index (χ0v) is 14.2. The Morgan fingerprint density at radius 2 is 2.04 bits per heavy atom. The Morgan fingerprint density at radius 1 is 1.33 bits per heavy atom. The van der Waals surface area contributed by atoms with Gasteiger partial charge in [0.15, 0.2) is 0 Å². The third-order valence-electron chi connectivity index (χ3n) is 3.39. The standard InChI is InChI=1S/C17H22N2O5/c1-17(2,3)24-16(22)19-14(15(20)21)7-10-9-18-13-6-5-11(23-4)8-12(10)13/h5-6,8-9,14,18H,7H2,1-4H3,(H,19,22)(H,20,21)/t14-/m0/s1. The first kappa shape index (κ1) is 17.7. The zero-order chi connectivity index (χ0) is 17.9. The quantitative estimate of drug-likeness (QED) is 0.780. The fraction of sp³-hybridized carbons (Fsp3) is 0.412. The molecule has 1 heterocycles. The average Bonchev–Trinajstić information content (AvgIpc) is 2.86. The number of aromatic nitrogens is 1. The highest BCUT2D eigenvalue weighted by Crippen LogP contribution is 2.24. The number of alkyl carbamates (subject to hydrolysis) is 1. The molecule has 2 rings (SSSR count). The molecule has 0 bridgehead atoms. The van der Waals surface area contributed by atoms with E-state index in [0.29, 0.717) is 5.75 Å². The number of amides is 1. The minimum absolute atomic E-state index is 0.127. The monoisotopic (exact) mass is 334 g/mol. The van der Waals surface area contributed by atoms with Crippen LogP contribution in [0.1, 0.15) is 26.3 Å². The average molecular weight is 334 g/mol. The molecule has 0 aliphatic carbocycles. The molecule has 1 amide bonds. The second kappa shape index (κ2) is 6.82. The second-order valence-electron chi connectivity index (χ2n) is 6.47. The van der Waals surface area contributed by atoms with E-state index in [1.807, 2.05) is 18.2 Å². The van der Waals surface area contributed by atoms with Gasteiger partial charge in [0.05, 0.1) is 7.11 Å². The van der Waals surface area contributed by atoms with Crippen LogP contribution in [0.15, 0.2) is 24.4 Å². The Labute approximate surface area is 140 Å². The van der Waals surface area contributed by atoms with Crippen LogP contribution in [-0.2, 0) is 16.0 Å². The molecule has 0 aliphatic rings. The molecule has 24 heavy (non-hydrogen) atoms. The van der Waals surface area contributed by atoms with Crippen LogP contribution in [0.2, 0.25) is 0 Å². The highest BCUT2D eigenvalue weighted by Gasteiger charge is 2.25. The van der Waals surface area contributed by atoms with Crippen molar-refractivity contribution >= 4 is 23.0 Å². The maximum Gasteiger partial charge on any atom is 0.408 e. The third-order valence-corrected chi connectivity index (χ3v) is 3.39. The number of ether oxygens (including phenoxy) is 2. The van der Waals surface area contributed by atoms with Crippen molar-refractivity contribution in [2.75, 3.05) is 7.11 Å². The lowest BCUT2D eigenvalue weighted by Crippen LogP contribution is -2.44. The van der Waals surface area contributed by atoms with Crippen molar-refractivity contribution < 1.29 is 24.2 Å². The molecule has 1 aromatic heterocycles. The van der Waals surface area contributed by atoms with Crippen LogP contribution in [0.5, 0.6) is 5.75 Å². The van der Waals surface area contributed by atoms with E-state index in [-0.39, 0.29) is 6.42 Å². The summed E-state index contributed by atoms with van der Waals surface area (Å²) >= 11 is 0. The second-order valence-corrected chi connectivity index (χ2v) is 6.47. The van der Waals surface area contributed by atoms with E-state index < -0.39 is 23.7 Å². The predicted molar refractivity (Wildman–Crippen MR) is 89.3 cm³/mol. The molecule has 7 nitrogen and oxygen atoms in total. The van der Waals surface area contributed by atoms with Gasteiger partial charge in [-0.1, -0.05) is 0 Å². The summed E-state index contributed by atoms with van der Waals surface area (Å²) in [6, 6.07) is 4.41. The van der Waals surface area contributed by atoms with Gasteiger partial charge >= 0.3 is 12.1 Å². The van der Waals surface area contributed by atoms with Gasteiger partial charge in [0.1, 0.15) is 17.4 Å². The van der Waals surface area contributed by atoms with Gasteiger partial charge in [-0.25, -0.2) is 9.59 Å². The normalized spacial score (nSPS) is 12.7. The van der Waals surface area contributed by atoms with Crippen molar-refractivity contribution in [2.45, 2.75) is 38.8 Å².